The van der Waals surface area contributed by atoms with E-state index in [0.29, 0.717) is 16.6 Å². The number of nitrogens with one attached hydrogen (secondary N) is 2. The molecule has 1 aromatic rings. The van der Waals surface area contributed by atoms with E-state index >= 15 is 0 Å². The number of rotatable bonds is 5. The van der Waals surface area contributed by atoms with E-state index < -0.39 is 11.0 Å². The summed E-state index contributed by atoms with van der Waals surface area (Å²) in [4.78, 5) is 21.9. The normalized spacial score (nSPS) is 11.2. The number of nitrogens with zero attached hydrogens (tertiary/aromatic N) is 2. The van der Waals surface area contributed by atoms with E-state index in [4.69, 9.17) is 5.26 Å². The number of hydrogen-bond acceptors (Lipinski definition) is 4. The Hall–Kier alpha value is -2.14. The minimum absolute atomic E-state index is 0.133. The highest BCUT2D eigenvalue weighted by molar-refractivity contribution is 9.10. The van der Waals surface area contributed by atoms with Crippen LogP contribution in [0.25, 0.3) is 0 Å². The highest BCUT2D eigenvalue weighted by Gasteiger charge is 2.14. The summed E-state index contributed by atoms with van der Waals surface area (Å²) < 4.78 is 0.337. The van der Waals surface area contributed by atoms with Crippen LogP contribution in [0.5, 0.6) is 0 Å². The number of nitriles is 1. The second-order valence-electron chi connectivity index (χ2n) is 3.99. The highest BCUT2D eigenvalue weighted by Crippen LogP contribution is 2.27. The largest absolute Gasteiger partial charge is 0.334 e. The lowest BCUT2D eigenvalue weighted by atomic mass is 10.2. The standard InChI is InChI=1S/C12H13BrN4O3/c1-2-8(5-6-14)15-12(18)16-9-3-4-10(13)11(7-9)17(19)20/h3-4,7-8H,2,5H2,1H3,(H2,15,16,18). The second kappa shape index (κ2) is 7.45. The van der Waals surface area contributed by atoms with Crippen molar-refractivity contribution in [1.29, 1.82) is 5.26 Å². The lowest BCUT2D eigenvalue weighted by Crippen LogP contribution is -2.37. The molecule has 1 atom stereocenters. The van der Waals surface area contributed by atoms with Crippen LogP contribution in [0.4, 0.5) is 16.2 Å². The zero-order valence-corrected chi connectivity index (χ0v) is 12.3. The molecule has 2 N–H and O–H groups in total. The first-order chi connectivity index (χ1) is 9.47. The first-order valence-corrected chi connectivity index (χ1v) is 6.65. The molecule has 0 saturated carbocycles. The molecule has 2 amide bonds. The lowest BCUT2D eigenvalue weighted by Gasteiger charge is -2.14. The quantitative estimate of drug-likeness (QED) is 0.633. The van der Waals surface area contributed by atoms with Crippen molar-refractivity contribution in [1.82, 2.24) is 5.32 Å². The van der Waals surface area contributed by atoms with Gasteiger partial charge in [0.2, 0.25) is 0 Å². The number of nitro groups is 1. The monoisotopic (exact) mass is 340 g/mol. The van der Waals surface area contributed by atoms with Gasteiger partial charge in [0.05, 0.1) is 21.9 Å². The number of benzene rings is 1. The summed E-state index contributed by atoms with van der Waals surface area (Å²) in [7, 11) is 0. The van der Waals surface area contributed by atoms with E-state index in [0.717, 1.165) is 0 Å². The molecule has 0 aliphatic carbocycles. The number of anilines is 1. The van der Waals surface area contributed by atoms with Gasteiger partial charge in [0.25, 0.3) is 5.69 Å². The Balaban J connectivity index is 2.74. The van der Waals surface area contributed by atoms with Crippen LogP contribution in [0.15, 0.2) is 22.7 Å². The van der Waals surface area contributed by atoms with E-state index in [-0.39, 0.29) is 18.2 Å². The molecule has 7 nitrogen and oxygen atoms in total. The predicted octanol–water partition coefficient (Wildman–Crippen LogP) is 3.17. The summed E-state index contributed by atoms with van der Waals surface area (Å²) in [5, 5.41) is 24.5. The van der Waals surface area contributed by atoms with Crippen LogP contribution >= 0.6 is 15.9 Å². The number of nitro benzene ring substituents is 1. The van der Waals surface area contributed by atoms with Gasteiger partial charge < -0.3 is 10.6 Å². The third kappa shape index (κ3) is 4.51. The molecule has 1 rings (SSSR count). The molecule has 1 aromatic carbocycles. The number of amides is 2. The van der Waals surface area contributed by atoms with Gasteiger partial charge in [0.1, 0.15) is 0 Å². The Labute approximate surface area is 124 Å². The van der Waals surface area contributed by atoms with Gasteiger partial charge in [0, 0.05) is 17.8 Å². The second-order valence-corrected chi connectivity index (χ2v) is 4.84. The van der Waals surface area contributed by atoms with Crippen molar-refractivity contribution < 1.29 is 9.72 Å². The van der Waals surface area contributed by atoms with Crippen molar-refractivity contribution >= 4 is 33.3 Å². The van der Waals surface area contributed by atoms with Crippen LogP contribution in [0.2, 0.25) is 0 Å². The first-order valence-electron chi connectivity index (χ1n) is 5.86. The minimum Gasteiger partial charge on any atom is -0.334 e. The van der Waals surface area contributed by atoms with Crippen molar-refractivity contribution in [2.75, 3.05) is 5.32 Å². The Morgan fingerprint density at radius 2 is 2.30 bits per heavy atom. The SMILES string of the molecule is CCC(CC#N)NC(=O)Nc1ccc(Br)c([N+](=O)[O-])c1. The number of carbonyl (C=O) groups excluding carboxylic acids is 1. The highest BCUT2D eigenvalue weighted by atomic mass is 79.9. The number of carbonyl (C=O) groups is 1. The Morgan fingerprint density at radius 1 is 1.60 bits per heavy atom. The summed E-state index contributed by atoms with van der Waals surface area (Å²) in [6, 6.07) is 5.53. The summed E-state index contributed by atoms with van der Waals surface area (Å²) in [6.45, 7) is 1.85. The van der Waals surface area contributed by atoms with E-state index in [1.54, 1.807) is 6.07 Å². The van der Waals surface area contributed by atoms with Crippen LogP contribution in [-0.4, -0.2) is 17.0 Å². The van der Waals surface area contributed by atoms with Crippen LogP contribution < -0.4 is 10.6 Å². The van der Waals surface area contributed by atoms with Crippen molar-refractivity contribution in [3.05, 3.63) is 32.8 Å². The van der Waals surface area contributed by atoms with Gasteiger partial charge in [-0.15, -0.1) is 0 Å². The van der Waals surface area contributed by atoms with Crippen LogP contribution in [0.1, 0.15) is 19.8 Å². The predicted molar refractivity (Wildman–Crippen MR) is 77.3 cm³/mol. The molecule has 0 heterocycles. The molecule has 8 heteroatoms. The fraction of sp³-hybridized carbons (Fsp3) is 0.333. The smallest absolute Gasteiger partial charge is 0.319 e. The van der Waals surface area contributed by atoms with Crippen LogP contribution in [0.3, 0.4) is 0 Å². The van der Waals surface area contributed by atoms with E-state index in [1.165, 1.54) is 12.1 Å². The topological polar surface area (TPSA) is 108 Å². The summed E-state index contributed by atoms with van der Waals surface area (Å²) in [5.74, 6) is 0. The molecular formula is C12H13BrN4O3. The molecule has 0 aliphatic heterocycles. The Kier molecular flexibility index (Phi) is 5.93. The van der Waals surface area contributed by atoms with Crippen LogP contribution in [-0.2, 0) is 0 Å². The lowest BCUT2D eigenvalue weighted by molar-refractivity contribution is -0.385. The minimum atomic E-state index is -0.544. The zero-order valence-electron chi connectivity index (χ0n) is 10.7. The van der Waals surface area contributed by atoms with Crippen molar-refractivity contribution in [2.24, 2.45) is 0 Å². The van der Waals surface area contributed by atoms with Gasteiger partial charge in [-0.25, -0.2) is 4.79 Å². The van der Waals surface area contributed by atoms with Gasteiger partial charge in [0.15, 0.2) is 0 Å². The van der Waals surface area contributed by atoms with Crippen LogP contribution in [0, 0.1) is 21.4 Å². The zero-order chi connectivity index (χ0) is 15.1. The average Bonchev–Trinajstić information content (AvgIpc) is 2.40. The molecule has 0 radical (unpaired) electrons. The van der Waals surface area contributed by atoms with E-state index in [9.17, 15) is 14.9 Å². The third-order valence-corrected chi connectivity index (χ3v) is 3.24. The van der Waals surface area contributed by atoms with Crippen molar-refractivity contribution in [3.63, 3.8) is 0 Å². The molecule has 0 aromatic heterocycles. The maximum absolute atomic E-state index is 11.7. The molecule has 20 heavy (non-hydrogen) atoms. The number of hydrogen-bond donors (Lipinski definition) is 2. The van der Waals surface area contributed by atoms with Crippen molar-refractivity contribution in [3.8, 4) is 6.07 Å². The summed E-state index contributed by atoms with van der Waals surface area (Å²) in [6.07, 6.45) is 0.839. The van der Waals surface area contributed by atoms with Crippen molar-refractivity contribution in [2.45, 2.75) is 25.8 Å². The van der Waals surface area contributed by atoms with E-state index in [2.05, 4.69) is 26.6 Å². The summed E-state index contributed by atoms with van der Waals surface area (Å²) >= 11 is 3.06. The first kappa shape index (κ1) is 15.9. The van der Waals surface area contributed by atoms with Gasteiger partial charge in [-0.3, -0.25) is 10.1 Å². The number of urea groups is 1. The van der Waals surface area contributed by atoms with Gasteiger partial charge >= 0.3 is 6.03 Å². The molecule has 0 saturated heterocycles. The molecule has 1 unspecified atom stereocenters. The number of halogens is 1. The maximum Gasteiger partial charge on any atom is 0.319 e. The molecule has 0 fully saturated rings. The Bertz CT molecular complexity index is 556. The molecule has 106 valence electrons. The molecular weight excluding hydrogens is 328 g/mol. The fourth-order valence-electron chi connectivity index (χ4n) is 1.49. The molecule has 0 bridgehead atoms. The molecule has 0 spiro atoms. The summed E-state index contributed by atoms with van der Waals surface area (Å²) in [5.41, 5.74) is 0.177. The van der Waals surface area contributed by atoms with Gasteiger partial charge in [-0.2, -0.15) is 5.26 Å². The maximum atomic E-state index is 11.7. The Morgan fingerprint density at radius 3 is 2.85 bits per heavy atom. The van der Waals surface area contributed by atoms with Gasteiger partial charge in [-0.05, 0) is 34.5 Å². The molecule has 0 aliphatic rings. The fourth-order valence-corrected chi connectivity index (χ4v) is 1.88. The van der Waals surface area contributed by atoms with E-state index in [1.807, 2.05) is 13.0 Å². The van der Waals surface area contributed by atoms with Gasteiger partial charge in [-0.1, -0.05) is 6.92 Å². The third-order valence-electron chi connectivity index (χ3n) is 2.57. The average molecular weight is 341 g/mol.